The van der Waals surface area contributed by atoms with Crippen LogP contribution >= 0.6 is 11.8 Å². The predicted octanol–water partition coefficient (Wildman–Crippen LogP) is 4.31. The Kier molecular flexibility index (Phi) is 5.69. The Balaban J connectivity index is 1.74. The van der Waals surface area contributed by atoms with Crippen molar-refractivity contribution in [3.8, 4) is 11.5 Å². The Morgan fingerprint density at radius 2 is 1.58 bits per heavy atom. The maximum atomic E-state index is 12.9. The van der Waals surface area contributed by atoms with Crippen LogP contribution in [-0.2, 0) is 0 Å². The van der Waals surface area contributed by atoms with Gasteiger partial charge in [0, 0.05) is 9.79 Å². The topological polar surface area (TPSA) is 80.4 Å². The third kappa shape index (κ3) is 4.00. The van der Waals surface area contributed by atoms with E-state index in [1.807, 2.05) is 24.3 Å². The number of halogens is 2. The zero-order valence-electron chi connectivity index (χ0n) is 16.6. The number of carbonyl (C=O) groups is 1. The van der Waals surface area contributed by atoms with Gasteiger partial charge >= 0.3 is 0 Å². The molecule has 0 aliphatic carbocycles. The van der Waals surface area contributed by atoms with Crippen molar-refractivity contribution >= 4 is 17.7 Å². The number of ether oxygens (including phenoxy) is 2. The lowest BCUT2D eigenvalue weighted by Gasteiger charge is -2.29. The zero-order valence-corrected chi connectivity index (χ0v) is 17.4. The monoisotopic (exact) mass is 444 g/mol. The molecule has 2 heterocycles. The fourth-order valence-electron chi connectivity index (χ4n) is 3.38. The molecule has 31 heavy (non-hydrogen) atoms. The highest BCUT2D eigenvalue weighted by Crippen LogP contribution is 2.47. The van der Waals surface area contributed by atoms with E-state index in [-0.39, 0.29) is 5.56 Å². The molecular formula is C22H18F2N2O4S. The third-order valence-electron chi connectivity index (χ3n) is 4.97. The molecule has 6 nitrogen and oxygen atoms in total. The van der Waals surface area contributed by atoms with Crippen LogP contribution in [0.15, 0.2) is 63.1 Å². The van der Waals surface area contributed by atoms with E-state index in [0.717, 1.165) is 33.1 Å². The van der Waals surface area contributed by atoms with Crippen molar-refractivity contribution < 1.29 is 23.0 Å². The lowest BCUT2D eigenvalue weighted by Crippen LogP contribution is -2.34. The quantitative estimate of drug-likeness (QED) is 0.613. The van der Waals surface area contributed by atoms with E-state index < -0.39 is 29.6 Å². The van der Waals surface area contributed by atoms with Crippen molar-refractivity contribution in [2.45, 2.75) is 22.3 Å². The molecule has 1 amide bonds. The van der Waals surface area contributed by atoms with Gasteiger partial charge in [0.15, 0.2) is 0 Å². The summed E-state index contributed by atoms with van der Waals surface area (Å²) >= 11 is 1.51. The fraction of sp³-hybridized carbons (Fsp3) is 0.182. The maximum Gasteiger partial charge on any atom is 0.278 e. The molecule has 0 atom stereocenters. The minimum absolute atomic E-state index is 0.243. The number of aromatic nitrogens is 1. The SMILES string of the molecule is COc1ccc2c(c1)Sc1cc(OC)ccc1C2NC(=O)c1ccc(C(F)F)[nH]c1=O. The van der Waals surface area contributed by atoms with Crippen LogP contribution in [0.2, 0.25) is 0 Å². The van der Waals surface area contributed by atoms with Gasteiger partial charge in [0.05, 0.1) is 26.0 Å². The first-order valence-electron chi connectivity index (χ1n) is 9.27. The van der Waals surface area contributed by atoms with E-state index in [2.05, 4.69) is 10.3 Å². The van der Waals surface area contributed by atoms with Crippen molar-refractivity contribution in [1.29, 1.82) is 0 Å². The minimum Gasteiger partial charge on any atom is -0.497 e. The number of fused-ring (bicyclic) bond motifs is 2. The van der Waals surface area contributed by atoms with Gasteiger partial charge in [0.2, 0.25) is 0 Å². The van der Waals surface area contributed by atoms with Gasteiger partial charge < -0.3 is 19.8 Å². The van der Waals surface area contributed by atoms with Crippen LogP contribution in [0.4, 0.5) is 8.78 Å². The summed E-state index contributed by atoms with van der Waals surface area (Å²) in [6.07, 6.45) is -2.83. The summed E-state index contributed by atoms with van der Waals surface area (Å²) in [5, 5.41) is 2.87. The molecule has 1 aliphatic heterocycles. The number of hydrogen-bond acceptors (Lipinski definition) is 5. The number of alkyl halides is 2. The first kappa shape index (κ1) is 20.9. The molecule has 2 aromatic carbocycles. The van der Waals surface area contributed by atoms with Crippen LogP contribution in [-0.4, -0.2) is 25.1 Å². The number of H-pyrrole nitrogens is 1. The minimum atomic E-state index is -2.83. The van der Waals surface area contributed by atoms with E-state index in [1.54, 1.807) is 26.4 Å². The Morgan fingerprint density at radius 1 is 1.00 bits per heavy atom. The molecule has 0 saturated carbocycles. The van der Waals surface area contributed by atoms with Crippen LogP contribution in [0.25, 0.3) is 0 Å². The molecule has 4 rings (SSSR count). The smallest absolute Gasteiger partial charge is 0.278 e. The first-order valence-corrected chi connectivity index (χ1v) is 10.1. The van der Waals surface area contributed by atoms with Crippen molar-refractivity contribution in [2.24, 2.45) is 0 Å². The van der Waals surface area contributed by atoms with Crippen LogP contribution in [0, 0.1) is 0 Å². The van der Waals surface area contributed by atoms with Gasteiger partial charge in [-0.2, -0.15) is 0 Å². The summed E-state index contributed by atoms with van der Waals surface area (Å²) in [5.74, 6) is 0.672. The van der Waals surface area contributed by atoms with Crippen molar-refractivity contribution in [1.82, 2.24) is 10.3 Å². The summed E-state index contributed by atoms with van der Waals surface area (Å²) in [7, 11) is 3.14. The van der Waals surface area contributed by atoms with E-state index in [1.165, 1.54) is 11.8 Å². The van der Waals surface area contributed by atoms with Gasteiger partial charge in [-0.1, -0.05) is 23.9 Å². The zero-order chi connectivity index (χ0) is 22.1. The van der Waals surface area contributed by atoms with Crippen LogP contribution < -0.4 is 20.3 Å². The molecule has 9 heteroatoms. The lowest BCUT2D eigenvalue weighted by molar-refractivity contribution is 0.0939. The molecular weight excluding hydrogens is 426 g/mol. The highest BCUT2D eigenvalue weighted by Gasteiger charge is 2.29. The fourth-order valence-corrected chi connectivity index (χ4v) is 4.58. The summed E-state index contributed by atoms with van der Waals surface area (Å²) in [5.41, 5.74) is 0.0125. The van der Waals surface area contributed by atoms with E-state index >= 15 is 0 Å². The number of hydrogen-bond donors (Lipinski definition) is 2. The van der Waals surface area contributed by atoms with E-state index in [0.29, 0.717) is 11.5 Å². The first-order chi connectivity index (χ1) is 14.9. The number of amides is 1. The predicted molar refractivity (Wildman–Crippen MR) is 111 cm³/mol. The number of aromatic amines is 1. The third-order valence-corrected chi connectivity index (χ3v) is 6.12. The van der Waals surface area contributed by atoms with Crippen molar-refractivity contribution in [3.63, 3.8) is 0 Å². The molecule has 0 unspecified atom stereocenters. The Morgan fingerprint density at radius 3 is 2.06 bits per heavy atom. The Labute approximate surface area is 180 Å². The van der Waals surface area contributed by atoms with E-state index in [9.17, 15) is 18.4 Å². The normalized spacial score (nSPS) is 12.8. The van der Waals surface area contributed by atoms with Crippen LogP contribution in [0.5, 0.6) is 11.5 Å². The standard InChI is InChI=1S/C22H18F2N2O4S/c1-29-11-3-5-13-17(9-11)31-18-10-12(30-2)4-6-14(18)19(13)26-22(28)15-7-8-16(20(23)24)25-21(15)27/h3-10,19-20H,1-2H3,(H,25,27)(H,26,28). The number of carbonyl (C=O) groups excluding carboxylic acids is 1. The van der Waals surface area contributed by atoms with E-state index in [4.69, 9.17) is 9.47 Å². The number of nitrogens with one attached hydrogen (secondary N) is 2. The van der Waals surface area contributed by atoms with Gasteiger partial charge in [0.1, 0.15) is 17.1 Å². The molecule has 2 N–H and O–H groups in total. The molecule has 0 fully saturated rings. The van der Waals surface area contributed by atoms with Crippen molar-refractivity contribution in [3.05, 3.63) is 81.3 Å². The lowest BCUT2D eigenvalue weighted by atomic mass is 9.97. The summed E-state index contributed by atoms with van der Waals surface area (Å²) in [4.78, 5) is 28.9. The van der Waals surface area contributed by atoms with Crippen LogP contribution in [0.3, 0.4) is 0 Å². The largest absolute Gasteiger partial charge is 0.497 e. The second-order valence-corrected chi connectivity index (χ2v) is 7.86. The molecule has 160 valence electrons. The number of methoxy groups -OCH3 is 2. The molecule has 1 aliphatic rings. The molecule has 0 radical (unpaired) electrons. The van der Waals surface area contributed by atoms with Gasteiger partial charge in [-0.3, -0.25) is 9.59 Å². The summed E-state index contributed by atoms with van der Waals surface area (Å²) < 4.78 is 36.3. The number of rotatable bonds is 5. The highest BCUT2D eigenvalue weighted by atomic mass is 32.2. The second kappa shape index (κ2) is 8.43. The summed E-state index contributed by atoms with van der Waals surface area (Å²) in [6.45, 7) is 0. The van der Waals surface area contributed by atoms with Gasteiger partial charge in [-0.25, -0.2) is 8.78 Å². The highest BCUT2D eigenvalue weighted by molar-refractivity contribution is 7.99. The molecule has 0 spiro atoms. The number of benzene rings is 2. The maximum absolute atomic E-state index is 12.9. The molecule has 0 saturated heterocycles. The Hall–Kier alpha value is -3.33. The van der Waals surface area contributed by atoms with Gasteiger partial charge in [-0.15, -0.1) is 0 Å². The van der Waals surface area contributed by atoms with Gasteiger partial charge in [-0.05, 0) is 47.5 Å². The summed E-state index contributed by atoms with van der Waals surface area (Å²) in [6, 6.07) is 12.6. The molecule has 3 aromatic rings. The second-order valence-electron chi connectivity index (χ2n) is 6.77. The molecule has 1 aromatic heterocycles. The Bertz CT molecular complexity index is 1160. The van der Waals surface area contributed by atoms with Crippen molar-refractivity contribution in [2.75, 3.05) is 14.2 Å². The average Bonchev–Trinajstić information content (AvgIpc) is 2.77. The van der Waals surface area contributed by atoms with Crippen LogP contribution in [0.1, 0.15) is 39.6 Å². The number of pyridine rings is 1. The average molecular weight is 444 g/mol. The van der Waals surface area contributed by atoms with Gasteiger partial charge in [0.25, 0.3) is 17.9 Å². The molecule has 0 bridgehead atoms.